The van der Waals surface area contributed by atoms with Crippen LogP contribution in [-0.2, 0) is 4.79 Å². The number of carbonyl (C=O) groups is 1. The van der Waals surface area contributed by atoms with E-state index >= 15 is 0 Å². The van der Waals surface area contributed by atoms with E-state index in [0.29, 0.717) is 11.6 Å². The molecule has 0 radical (unpaired) electrons. The molecular formula is C17H25ClN2O. The highest BCUT2D eigenvalue weighted by atomic mass is 35.5. The Labute approximate surface area is 132 Å². The van der Waals surface area contributed by atoms with Gasteiger partial charge in [-0.05, 0) is 37.5 Å². The van der Waals surface area contributed by atoms with Gasteiger partial charge in [0.25, 0.3) is 0 Å². The predicted molar refractivity (Wildman–Crippen MR) is 87.2 cm³/mol. The summed E-state index contributed by atoms with van der Waals surface area (Å²) in [6.07, 6.45) is 6.43. The average molecular weight is 309 g/mol. The Morgan fingerprint density at radius 3 is 2.33 bits per heavy atom. The largest absolute Gasteiger partial charge is 0.349 e. The molecule has 0 saturated heterocycles. The molecule has 1 aliphatic carbocycles. The van der Waals surface area contributed by atoms with E-state index in [9.17, 15) is 4.79 Å². The van der Waals surface area contributed by atoms with Crippen LogP contribution in [0.5, 0.6) is 0 Å². The molecule has 3 nitrogen and oxygen atoms in total. The van der Waals surface area contributed by atoms with Gasteiger partial charge in [-0.1, -0.05) is 49.4 Å². The second-order valence-corrected chi connectivity index (χ2v) is 6.58. The summed E-state index contributed by atoms with van der Waals surface area (Å²) in [7, 11) is 0. The van der Waals surface area contributed by atoms with E-state index in [-0.39, 0.29) is 17.4 Å². The second-order valence-electron chi connectivity index (χ2n) is 6.15. The third kappa shape index (κ3) is 3.98. The highest BCUT2D eigenvalue weighted by Gasteiger charge is 2.37. The van der Waals surface area contributed by atoms with Gasteiger partial charge < -0.3 is 11.1 Å². The predicted octanol–water partition coefficient (Wildman–Crippen LogP) is 3.82. The zero-order valence-electron chi connectivity index (χ0n) is 12.7. The maximum absolute atomic E-state index is 12.7. The summed E-state index contributed by atoms with van der Waals surface area (Å²) in [4.78, 5) is 12.7. The number of amides is 1. The Morgan fingerprint density at radius 1 is 1.24 bits per heavy atom. The molecule has 2 rings (SSSR count). The smallest absolute Gasteiger partial charge is 0.227 e. The fraction of sp³-hybridized carbons (Fsp3) is 0.588. The fourth-order valence-electron chi connectivity index (χ4n) is 3.11. The summed E-state index contributed by atoms with van der Waals surface area (Å²) < 4.78 is 0. The minimum Gasteiger partial charge on any atom is -0.349 e. The number of nitrogens with two attached hydrogens (primary N) is 1. The molecule has 1 fully saturated rings. The van der Waals surface area contributed by atoms with Crippen LogP contribution in [0, 0.1) is 5.41 Å². The number of rotatable bonds is 4. The summed E-state index contributed by atoms with van der Waals surface area (Å²) in [5.74, 6) is 0.106. The third-order valence-corrected chi connectivity index (χ3v) is 4.90. The number of hydrogen-bond donors (Lipinski definition) is 2. The van der Waals surface area contributed by atoms with Crippen LogP contribution in [0.4, 0.5) is 0 Å². The molecule has 1 aromatic carbocycles. The Balaban J connectivity index is 2.06. The van der Waals surface area contributed by atoms with E-state index in [1.807, 2.05) is 31.2 Å². The molecule has 1 amide bonds. The molecule has 0 aromatic heterocycles. The van der Waals surface area contributed by atoms with Gasteiger partial charge in [0.05, 0.1) is 11.5 Å². The van der Waals surface area contributed by atoms with Crippen LogP contribution in [0.15, 0.2) is 24.3 Å². The third-order valence-electron chi connectivity index (χ3n) is 4.65. The van der Waals surface area contributed by atoms with Gasteiger partial charge in [0.15, 0.2) is 0 Å². The lowest BCUT2D eigenvalue weighted by molar-refractivity contribution is -0.132. The van der Waals surface area contributed by atoms with Crippen molar-refractivity contribution in [3.63, 3.8) is 0 Å². The zero-order chi connectivity index (χ0) is 15.3. The summed E-state index contributed by atoms with van der Waals surface area (Å²) in [5, 5.41) is 3.85. The molecule has 4 heteroatoms. The van der Waals surface area contributed by atoms with E-state index in [2.05, 4.69) is 5.32 Å². The molecule has 116 valence electrons. The Kier molecular flexibility index (Phi) is 5.65. The quantitative estimate of drug-likeness (QED) is 0.831. The molecule has 0 aliphatic heterocycles. The van der Waals surface area contributed by atoms with Gasteiger partial charge in [-0.3, -0.25) is 4.79 Å². The summed E-state index contributed by atoms with van der Waals surface area (Å²) >= 11 is 5.90. The average Bonchev–Trinajstić information content (AvgIpc) is 2.74. The van der Waals surface area contributed by atoms with Crippen molar-refractivity contribution >= 4 is 17.5 Å². The normalized spacial score (nSPS) is 19.6. The van der Waals surface area contributed by atoms with Crippen molar-refractivity contribution in [1.82, 2.24) is 5.32 Å². The first-order valence-electron chi connectivity index (χ1n) is 7.84. The standard InChI is InChI=1S/C17H25ClN2O/c1-13(14-6-8-15(18)9-7-14)20-16(21)17(12-19)10-4-2-3-5-11-17/h6-9,13H,2-5,10-12,19H2,1H3,(H,20,21)/t13-/m1/s1. The van der Waals surface area contributed by atoms with Gasteiger partial charge in [-0.25, -0.2) is 0 Å². The van der Waals surface area contributed by atoms with Crippen molar-refractivity contribution in [2.75, 3.05) is 6.54 Å². The minimum atomic E-state index is -0.378. The number of benzene rings is 1. The van der Waals surface area contributed by atoms with E-state index in [1.165, 1.54) is 12.8 Å². The minimum absolute atomic E-state index is 0.0264. The molecule has 1 saturated carbocycles. The molecule has 0 spiro atoms. The van der Waals surface area contributed by atoms with Crippen molar-refractivity contribution in [3.05, 3.63) is 34.9 Å². The van der Waals surface area contributed by atoms with Gasteiger partial charge in [0.1, 0.15) is 0 Å². The summed E-state index contributed by atoms with van der Waals surface area (Å²) in [5.41, 5.74) is 6.65. The van der Waals surface area contributed by atoms with Crippen LogP contribution in [-0.4, -0.2) is 12.5 Å². The van der Waals surface area contributed by atoms with Crippen molar-refractivity contribution in [2.45, 2.75) is 51.5 Å². The number of halogens is 1. The lowest BCUT2D eigenvalue weighted by Gasteiger charge is -2.31. The van der Waals surface area contributed by atoms with Crippen molar-refractivity contribution < 1.29 is 4.79 Å². The summed E-state index contributed by atoms with van der Waals surface area (Å²) in [6.45, 7) is 2.44. The molecule has 3 N–H and O–H groups in total. The number of nitrogens with one attached hydrogen (secondary N) is 1. The molecule has 1 aliphatic rings. The van der Waals surface area contributed by atoms with E-state index in [0.717, 1.165) is 31.2 Å². The van der Waals surface area contributed by atoms with Crippen LogP contribution in [0.3, 0.4) is 0 Å². The first-order valence-corrected chi connectivity index (χ1v) is 8.22. The van der Waals surface area contributed by atoms with E-state index in [4.69, 9.17) is 17.3 Å². The fourth-order valence-corrected chi connectivity index (χ4v) is 3.24. The van der Waals surface area contributed by atoms with Crippen molar-refractivity contribution in [3.8, 4) is 0 Å². The van der Waals surface area contributed by atoms with Gasteiger partial charge in [0.2, 0.25) is 5.91 Å². The maximum Gasteiger partial charge on any atom is 0.227 e. The summed E-state index contributed by atoms with van der Waals surface area (Å²) in [6, 6.07) is 7.58. The van der Waals surface area contributed by atoms with Crippen LogP contribution in [0.1, 0.15) is 57.1 Å². The van der Waals surface area contributed by atoms with Crippen LogP contribution in [0.2, 0.25) is 5.02 Å². The SMILES string of the molecule is C[C@@H](NC(=O)C1(CN)CCCCCC1)c1ccc(Cl)cc1. The highest BCUT2D eigenvalue weighted by Crippen LogP contribution is 2.35. The molecule has 21 heavy (non-hydrogen) atoms. The van der Waals surface area contributed by atoms with Gasteiger partial charge in [0, 0.05) is 11.6 Å². The zero-order valence-corrected chi connectivity index (χ0v) is 13.5. The lowest BCUT2D eigenvalue weighted by Crippen LogP contribution is -2.46. The molecular weight excluding hydrogens is 284 g/mol. The maximum atomic E-state index is 12.7. The second kappa shape index (κ2) is 7.28. The van der Waals surface area contributed by atoms with Gasteiger partial charge in [-0.15, -0.1) is 0 Å². The molecule has 0 bridgehead atoms. The highest BCUT2D eigenvalue weighted by molar-refractivity contribution is 6.30. The molecule has 0 heterocycles. The first-order chi connectivity index (χ1) is 10.1. The van der Waals surface area contributed by atoms with Crippen LogP contribution < -0.4 is 11.1 Å². The van der Waals surface area contributed by atoms with Crippen LogP contribution in [0.25, 0.3) is 0 Å². The molecule has 1 aromatic rings. The van der Waals surface area contributed by atoms with Crippen molar-refractivity contribution in [2.24, 2.45) is 11.1 Å². The Morgan fingerprint density at radius 2 is 1.81 bits per heavy atom. The van der Waals surface area contributed by atoms with Crippen molar-refractivity contribution in [1.29, 1.82) is 0 Å². The van der Waals surface area contributed by atoms with Gasteiger partial charge in [-0.2, -0.15) is 0 Å². The molecule has 1 atom stereocenters. The van der Waals surface area contributed by atoms with Crippen LogP contribution >= 0.6 is 11.6 Å². The van der Waals surface area contributed by atoms with E-state index in [1.54, 1.807) is 0 Å². The Hall–Kier alpha value is -1.06. The van der Waals surface area contributed by atoms with E-state index < -0.39 is 0 Å². The lowest BCUT2D eigenvalue weighted by atomic mass is 9.79. The monoisotopic (exact) mass is 308 g/mol. The first kappa shape index (κ1) is 16.3. The Bertz CT molecular complexity index is 464. The number of carbonyl (C=O) groups excluding carboxylic acids is 1. The molecule has 0 unspecified atom stereocenters. The van der Waals surface area contributed by atoms with Gasteiger partial charge >= 0.3 is 0 Å². The topological polar surface area (TPSA) is 55.1 Å². The number of hydrogen-bond acceptors (Lipinski definition) is 2.